The molecule has 0 aromatic heterocycles. The second kappa shape index (κ2) is 35.6. The summed E-state index contributed by atoms with van der Waals surface area (Å²) in [6.07, 6.45) is 3.58. The monoisotopic (exact) mass is 996 g/mol. The number of carbonyl (C=O) groups excluding carboxylic acids is 1. The van der Waals surface area contributed by atoms with E-state index in [0.29, 0.717) is 6.42 Å². The van der Waals surface area contributed by atoms with Crippen LogP contribution < -0.4 is 5.32 Å². The largest absolute Gasteiger partial charge is 0.394 e. The third-order valence-electron chi connectivity index (χ3n) is 13.6. The second-order valence-corrected chi connectivity index (χ2v) is 19.3. The lowest BCUT2D eigenvalue weighted by molar-refractivity contribution is -0.379. The maximum absolute atomic E-state index is 13.2. The van der Waals surface area contributed by atoms with E-state index in [2.05, 4.69) is 19.2 Å². The summed E-state index contributed by atoms with van der Waals surface area (Å²) in [5, 5.41) is 120. The molecule has 12 N–H and O–H groups in total. The van der Waals surface area contributed by atoms with Crippen LogP contribution in [0, 0.1) is 0 Å². The number of nitrogens with one attached hydrogen (secondary N) is 1. The number of hydrogen-bond acceptors (Lipinski definition) is 18. The number of ether oxygens (including phenoxy) is 6. The molecule has 0 spiro atoms. The van der Waals surface area contributed by atoms with Crippen LogP contribution in [0.5, 0.6) is 0 Å². The highest BCUT2D eigenvalue weighted by atomic mass is 16.8. The molecule has 19 nitrogen and oxygen atoms in total. The van der Waals surface area contributed by atoms with Gasteiger partial charge in [0, 0.05) is 6.42 Å². The van der Waals surface area contributed by atoms with Gasteiger partial charge >= 0.3 is 0 Å². The fourth-order valence-electron chi connectivity index (χ4n) is 9.13. The lowest BCUT2D eigenvalue weighted by Crippen LogP contribution is -2.66. The van der Waals surface area contributed by atoms with E-state index in [1.54, 1.807) is 6.08 Å². The van der Waals surface area contributed by atoms with Gasteiger partial charge in [0.2, 0.25) is 5.91 Å². The van der Waals surface area contributed by atoms with Gasteiger partial charge < -0.3 is 89.9 Å². The molecule has 17 atom stereocenters. The molecule has 3 fully saturated rings. The average molecular weight is 996 g/mol. The van der Waals surface area contributed by atoms with E-state index in [1.807, 2.05) is 6.08 Å². The van der Waals surface area contributed by atoms with Crippen LogP contribution in [0.2, 0.25) is 0 Å². The van der Waals surface area contributed by atoms with Gasteiger partial charge in [0.15, 0.2) is 18.9 Å². The zero-order valence-corrected chi connectivity index (χ0v) is 41.5. The predicted octanol–water partition coefficient (Wildman–Crippen LogP) is 2.26. The summed E-state index contributed by atoms with van der Waals surface area (Å²) in [6, 6.07) is -0.964. The first-order valence-corrected chi connectivity index (χ1v) is 26.4. The number of amides is 1. The molecular weight excluding hydrogens is 903 g/mol. The minimum Gasteiger partial charge on any atom is -0.394 e. The maximum Gasteiger partial charge on any atom is 0.220 e. The summed E-state index contributed by atoms with van der Waals surface area (Å²) in [7, 11) is 0. The van der Waals surface area contributed by atoms with E-state index < -0.39 is 124 Å². The van der Waals surface area contributed by atoms with Crippen molar-refractivity contribution in [2.75, 3.05) is 26.4 Å². The van der Waals surface area contributed by atoms with E-state index in [9.17, 15) is 61.0 Å². The van der Waals surface area contributed by atoms with Crippen molar-refractivity contribution in [3.63, 3.8) is 0 Å². The van der Waals surface area contributed by atoms with Crippen LogP contribution in [0.3, 0.4) is 0 Å². The van der Waals surface area contributed by atoms with Gasteiger partial charge in [-0.05, 0) is 19.3 Å². The molecule has 3 heterocycles. The fourth-order valence-corrected chi connectivity index (χ4v) is 9.13. The Morgan fingerprint density at radius 3 is 1.36 bits per heavy atom. The predicted molar refractivity (Wildman–Crippen MR) is 254 cm³/mol. The quantitative estimate of drug-likeness (QED) is 0.0314. The first-order chi connectivity index (χ1) is 33.3. The molecule has 0 radical (unpaired) electrons. The van der Waals surface area contributed by atoms with Gasteiger partial charge in [0.05, 0.1) is 38.6 Å². The number of aliphatic hydroxyl groups is 11. The number of unbranched alkanes of at least 4 members (excludes halogenated alkanes) is 21. The normalized spacial score (nSPS) is 32.9. The molecule has 19 heteroatoms. The van der Waals surface area contributed by atoms with Crippen molar-refractivity contribution in [2.24, 2.45) is 0 Å². The Hall–Kier alpha value is -1.47. The van der Waals surface area contributed by atoms with Gasteiger partial charge in [-0.25, -0.2) is 0 Å². The number of rotatable bonds is 37. The first kappa shape index (κ1) is 61.8. The molecule has 3 aliphatic heterocycles. The lowest BCUT2D eigenvalue weighted by Gasteiger charge is -2.48. The molecule has 0 aromatic rings. The standard InChI is InChI=1S/C50H93NO18/c1-3-5-7-9-11-13-15-16-18-20-22-24-26-28-38(56)51-33(34(55)27-25-23-21-19-17-14-12-10-8-6-4-2)32-64-48-44(62)41(59)46(36(30-53)66-48)69-50-45(63)42(60)47(37(31-54)67-50)68-49-43(61)40(58)39(57)35(29-52)65-49/h25,27,33-37,39-50,52-55,57-63H,3-24,26,28-32H2,1-2H3,(H,51,56)/b27-25+. The van der Waals surface area contributed by atoms with Crippen LogP contribution in [0.25, 0.3) is 0 Å². The highest BCUT2D eigenvalue weighted by Gasteiger charge is 2.53. The van der Waals surface area contributed by atoms with E-state index in [0.717, 1.165) is 44.9 Å². The van der Waals surface area contributed by atoms with Crippen LogP contribution in [0.1, 0.15) is 168 Å². The van der Waals surface area contributed by atoms with E-state index >= 15 is 0 Å². The molecule has 3 aliphatic rings. The van der Waals surface area contributed by atoms with Crippen LogP contribution in [0.4, 0.5) is 0 Å². The van der Waals surface area contributed by atoms with Crippen LogP contribution >= 0.6 is 0 Å². The molecule has 0 aliphatic carbocycles. The number of hydrogen-bond donors (Lipinski definition) is 12. The first-order valence-electron chi connectivity index (χ1n) is 26.4. The minimum atomic E-state index is -1.97. The van der Waals surface area contributed by atoms with Gasteiger partial charge in [0.25, 0.3) is 0 Å². The number of carbonyl (C=O) groups is 1. The molecular formula is C50H93NO18. The fraction of sp³-hybridized carbons (Fsp3) is 0.940. The highest BCUT2D eigenvalue weighted by Crippen LogP contribution is 2.33. The molecule has 0 saturated carbocycles. The van der Waals surface area contributed by atoms with Crippen LogP contribution in [0.15, 0.2) is 12.2 Å². The lowest BCUT2D eigenvalue weighted by atomic mass is 9.96. The molecule has 0 aromatic carbocycles. The van der Waals surface area contributed by atoms with Gasteiger partial charge in [-0.2, -0.15) is 0 Å². The molecule has 3 rings (SSSR count). The summed E-state index contributed by atoms with van der Waals surface area (Å²) in [5.41, 5.74) is 0. The summed E-state index contributed by atoms with van der Waals surface area (Å²) >= 11 is 0. The summed E-state index contributed by atoms with van der Waals surface area (Å²) < 4.78 is 34.1. The van der Waals surface area contributed by atoms with Gasteiger partial charge in [-0.15, -0.1) is 0 Å². The van der Waals surface area contributed by atoms with Gasteiger partial charge in [0.1, 0.15) is 73.2 Å². The Morgan fingerprint density at radius 1 is 0.507 bits per heavy atom. The summed E-state index contributed by atoms with van der Waals surface area (Å²) in [6.45, 7) is 1.67. The average Bonchev–Trinajstić information content (AvgIpc) is 3.34. The molecule has 3 saturated heterocycles. The SMILES string of the molecule is CCCCCCCCCCC/C=C/C(O)C(COC1OC(CO)C(OC2OC(CO)C(OC3OC(CO)C(O)C(O)C3O)C(O)C2O)C(O)C1O)NC(=O)CCCCCCCCCCCCCCC. The Kier molecular flexibility index (Phi) is 31.9. The Balaban J connectivity index is 1.56. The van der Waals surface area contributed by atoms with Crippen molar-refractivity contribution >= 4 is 5.91 Å². The van der Waals surface area contributed by atoms with Crippen molar-refractivity contribution in [3.05, 3.63) is 12.2 Å². The van der Waals surface area contributed by atoms with Crippen molar-refractivity contribution in [1.29, 1.82) is 0 Å². The van der Waals surface area contributed by atoms with Gasteiger partial charge in [-0.1, -0.05) is 154 Å². The maximum atomic E-state index is 13.2. The van der Waals surface area contributed by atoms with Crippen molar-refractivity contribution in [1.82, 2.24) is 5.32 Å². The Bertz CT molecular complexity index is 1330. The van der Waals surface area contributed by atoms with Crippen molar-refractivity contribution in [3.8, 4) is 0 Å². The third-order valence-corrected chi connectivity index (χ3v) is 13.6. The smallest absolute Gasteiger partial charge is 0.220 e. The molecule has 69 heavy (non-hydrogen) atoms. The number of aliphatic hydroxyl groups excluding tert-OH is 11. The molecule has 406 valence electrons. The highest BCUT2D eigenvalue weighted by molar-refractivity contribution is 5.76. The van der Waals surface area contributed by atoms with Crippen molar-refractivity contribution in [2.45, 2.75) is 272 Å². The van der Waals surface area contributed by atoms with E-state index in [1.165, 1.54) is 96.3 Å². The zero-order chi connectivity index (χ0) is 50.6. The number of allylic oxidation sites excluding steroid dienone is 1. The minimum absolute atomic E-state index is 0.248. The summed E-state index contributed by atoms with van der Waals surface area (Å²) in [5.74, 6) is -0.278. The van der Waals surface area contributed by atoms with Gasteiger partial charge in [-0.3, -0.25) is 4.79 Å². The topological polar surface area (TPSA) is 307 Å². The van der Waals surface area contributed by atoms with Crippen LogP contribution in [-0.2, 0) is 33.2 Å². The van der Waals surface area contributed by atoms with E-state index in [4.69, 9.17) is 28.4 Å². The Labute approximate surface area is 410 Å². The molecule has 17 unspecified atom stereocenters. The van der Waals surface area contributed by atoms with Crippen molar-refractivity contribution < 1.29 is 89.4 Å². The Morgan fingerprint density at radius 2 is 0.899 bits per heavy atom. The van der Waals surface area contributed by atoms with Crippen LogP contribution in [-0.4, -0.2) is 193 Å². The second-order valence-electron chi connectivity index (χ2n) is 19.3. The molecule has 0 bridgehead atoms. The molecule has 1 amide bonds. The third kappa shape index (κ3) is 21.5. The van der Waals surface area contributed by atoms with E-state index in [-0.39, 0.29) is 18.9 Å². The zero-order valence-electron chi connectivity index (χ0n) is 41.5. The summed E-state index contributed by atoms with van der Waals surface area (Å²) in [4.78, 5) is 13.2.